The van der Waals surface area contributed by atoms with E-state index in [1.807, 2.05) is 0 Å². The van der Waals surface area contributed by atoms with Crippen molar-refractivity contribution in [2.45, 2.75) is 6.36 Å². The highest BCUT2D eigenvalue weighted by molar-refractivity contribution is 5.84. The lowest BCUT2D eigenvalue weighted by molar-refractivity contribution is -0.274. The topological polar surface area (TPSA) is 78.3 Å². The van der Waals surface area contributed by atoms with Crippen molar-refractivity contribution in [2.75, 3.05) is 12.4 Å². The van der Waals surface area contributed by atoms with Crippen molar-refractivity contribution in [2.24, 2.45) is 0 Å². The Balaban J connectivity index is 1.73. The van der Waals surface area contributed by atoms with Crippen LogP contribution in [0.25, 0.3) is 17.1 Å². The zero-order valence-electron chi connectivity index (χ0n) is 13.9. The molecule has 0 aliphatic rings. The van der Waals surface area contributed by atoms with Crippen LogP contribution in [0, 0.1) is 0 Å². The van der Waals surface area contributed by atoms with Crippen molar-refractivity contribution in [1.29, 1.82) is 0 Å². The van der Waals surface area contributed by atoms with E-state index in [9.17, 15) is 18.0 Å². The Morgan fingerprint density at radius 2 is 1.74 bits per heavy atom. The van der Waals surface area contributed by atoms with Crippen molar-refractivity contribution in [1.82, 2.24) is 14.8 Å². The summed E-state index contributed by atoms with van der Waals surface area (Å²) in [5, 5.41) is 6.82. The summed E-state index contributed by atoms with van der Waals surface area (Å²) in [6.45, 7) is 0. The fraction of sp³-hybridized carbons (Fsp3) is 0.118. The van der Waals surface area contributed by atoms with E-state index < -0.39 is 12.5 Å². The van der Waals surface area contributed by atoms with Gasteiger partial charge in [-0.1, -0.05) is 0 Å². The van der Waals surface area contributed by atoms with Gasteiger partial charge in [-0.3, -0.25) is 5.32 Å². The number of methoxy groups -OCH3 is 1. The van der Waals surface area contributed by atoms with Crippen LogP contribution >= 0.6 is 0 Å². The highest BCUT2D eigenvalue weighted by atomic mass is 19.4. The first-order chi connectivity index (χ1) is 12.8. The van der Waals surface area contributed by atoms with Crippen molar-refractivity contribution in [3.8, 4) is 22.8 Å². The van der Waals surface area contributed by atoms with Gasteiger partial charge in [-0.05, 0) is 48.5 Å². The number of nitrogens with zero attached hydrogens (tertiary/aromatic N) is 3. The molecule has 0 aliphatic carbocycles. The molecular weight excluding hydrogens is 365 g/mol. The van der Waals surface area contributed by atoms with Crippen LogP contribution in [0.15, 0.2) is 54.9 Å². The smallest absolute Gasteiger partial charge is 0.453 e. The average molecular weight is 378 g/mol. The predicted molar refractivity (Wildman–Crippen MR) is 89.5 cm³/mol. The minimum atomic E-state index is -4.74. The number of carbonyl (C=O) groups is 1. The third-order valence-corrected chi connectivity index (χ3v) is 3.40. The van der Waals surface area contributed by atoms with Gasteiger partial charge in [-0.25, -0.2) is 14.5 Å². The van der Waals surface area contributed by atoms with Crippen LogP contribution in [0.5, 0.6) is 5.75 Å². The number of amides is 1. The standard InChI is InChI=1S/C17H13F3N4O3/c1-26-16(25)22-12-4-2-11(3-5-12)15-21-10-24(23-15)13-6-8-14(9-7-13)27-17(18,19)20/h2-10H,1H3,(H,22,25). The molecule has 140 valence electrons. The van der Waals surface area contributed by atoms with Gasteiger partial charge >= 0.3 is 12.5 Å². The number of nitrogens with one attached hydrogen (secondary N) is 1. The highest BCUT2D eigenvalue weighted by Gasteiger charge is 2.30. The van der Waals surface area contributed by atoms with Gasteiger partial charge in [0.25, 0.3) is 0 Å². The summed E-state index contributed by atoms with van der Waals surface area (Å²) in [4.78, 5) is 15.3. The molecule has 0 saturated carbocycles. The predicted octanol–water partition coefficient (Wildman–Crippen LogP) is 4.01. The molecule has 3 rings (SSSR count). The minimum absolute atomic E-state index is 0.319. The third kappa shape index (κ3) is 4.75. The molecule has 1 heterocycles. The van der Waals surface area contributed by atoms with Gasteiger partial charge in [0.1, 0.15) is 12.1 Å². The monoisotopic (exact) mass is 378 g/mol. The number of hydrogen-bond donors (Lipinski definition) is 1. The van der Waals surface area contributed by atoms with Crippen LogP contribution in [0.4, 0.5) is 23.7 Å². The van der Waals surface area contributed by atoms with Gasteiger partial charge in [0, 0.05) is 11.3 Å². The van der Waals surface area contributed by atoms with E-state index in [0.29, 0.717) is 22.8 Å². The Labute approximate surface area is 151 Å². The third-order valence-electron chi connectivity index (χ3n) is 3.40. The lowest BCUT2D eigenvalue weighted by Gasteiger charge is -2.09. The minimum Gasteiger partial charge on any atom is -0.453 e. The molecule has 0 aliphatic heterocycles. The first-order valence-corrected chi connectivity index (χ1v) is 7.57. The zero-order chi connectivity index (χ0) is 19.4. The van der Waals surface area contributed by atoms with Gasteiger partial charge in [-0.2, -0.15) is 0 Å². The molecule has 1 N–H and O–H groups in total. The molecular formula is C17H13F3N4O3. The van der Waals surface area contributed by atoms with Crippen LogP contribution in [0.3, 0.4) is 0 Å². The van der Waals surface area contributed by atoms with E-state index in [1.54, 1.807) is 24.3 Å². The van der Waals surface area contributed by atoms with Crippen LogP contribution in [-0.2, 0) is 4.74 Å². The maximum atomic E-state index is 12.2. The summed E-state index contributed by atoms with van der Waals surface area (Å²) < 4.78 is 46.3. The van der Waals surface area contributed by atoms with Crippen LogP contribution < -0.4 is 10.1 Å². The fourth-order valence-corrected chi connectivity index (χ4v) is 2.19. The quantitative estimate of drug-likeness (QED) is 0.742. The molecule has 0 saturated heterocycles. The molecule has 0 radical (unpaired) electrons. The van der Waals surface area contributed by atoms with E-state index in [4.69, 9.17) is 0 Å². The second-order valence-electron chi connectivity index (χ2n) is 5.25. The molecule has 7 nitrogen and oxygen atoms in total. The number of benzene rings is 2. The van der Waals surface area contributed by atoms with Gasteiger partial charge in [0.05, 0.1) is 12.8 Å². The van der Waals surface area contributed by atoms with E-state index in [-0.39, 0.29) is 5.75 Å². The van der Waals surface area contributed by atoms with E-state index in [0.717, 1.165) is 0 Å². The number of carbonyl (C=O) groups excluding carboxylic acids is 1. The fourth-order valence-electron chi connectivity index (χ4n) is 2.19. The van der Waals surface area contributed by atoms with Crippen molar-refractivity contribution >= 4 is 11.8 Å². The summed E-state index contributed by atoms with van der Waals surface area (Å²) in [6, 6.07) is 12.0. The SMILES string of the molecule is COC(=O)Nc1ccc(-c2ncn(-c3ccc(OC(F)(F)F)cc3)n2)cc1. The van der Waals surface area contributed by atoms with Gasteiger partial charge in [0.2, 0.25) is 0 Å². The number of anilines is 1. The highest BCUT2D eigenvalue weighted by Crippen LogP contribution is 2.24. The molecule has 10 heteroatoms. The molecule has 1 aromatic heterocycles. The Morgan fingerprint density at radius 1 is 1.07 bits per heavy atom. The normalized spacial score (nSPS) is 11.1. The van der Waals surface area contributed by atoms with E-state index in [1.165, 1.54) is 42.4 Å². The molecule has 0 atom stereocenters. The van der Waals surface area contributed by atoms with E-state index in [2.05, 4.69) is 24.9 Å². The van der Waals surface area contributed by atoms with Crippen molar-refractivity contribution in [3.05, 3.63) is 54.9 Å². The maximum absolute atomic E-state index is 12.2. The molecule has 1 amide bonds. The Morgan fingerprint density at radius 3 is 2.33 bits per heavy atom. The summed E-state index contributed by atoms with van der Waals surface area (Å²) >= 11 is 0. The van der Waals surface area contributed by atoms with Crippen LogP contribution in [0.1, 0.15) is 0 Å². The molecule has 0 fully saturated rings. The Kier molecular flexibility index (Phi) is 4.97. The summed E-state index contributed by atoms with van der Waals surface area (Å²) in [6.07, 6.45) is -3.88. The van der Waals surface area contributed by atoms with Crippen molar-refractivity contribution in [3.63, 3.8) is 0 Å². The van der Waals surface area contributed by atoms with E-state index >= 15 is 0 Å². The maximum Gasteiger partial charge on any atom is 0.573 e. The number of ether oxygens (including phenoxy) is 2. The molecule has 2 aromatic carbocycles. The summed E-state index contributed by atoms with van der Waals surface area (Å²) in [7, 11) is 1.27. The van der Waals surface area contributed by atoms with Gasteiger partial charge in [-0.15, -0.1) is 18.3 Å². The molecule has 0 unspecified atom stereocenters. The zero-order valence-corrected chi connectivity index (χ0v) is 13.9. The number of alkyl halides is 3. The lowest BCUT2D eigenvalue weighted by Crippen LogP contribution is -2.17. The Bertz CT molecular complexity index is 922. The number of hydrogen-bond acceptors (Lipinski definition) is 5. The van der Waals surface area contributed by atoms with Gasteiger partial charge in [0.15, 0.2) is 5.82 Å². The largest absolute Gasteiger partial charge is 0.573 e. The molecule has 0 bridgehead atoms. The second-order valence-corrected chi connectivity index (χ2v) is 5.25. The van der Waals surface area contributed by atoms with Crippen LogP contribution in [-0.4, -0.2) is 34.3 Å². The van der Waals surface area contributed by atoms with Gasteiger partial charge < -0.3 is 9.47 Å². The van der Waals surface area contributed by atoms with Crippen LogP contribution in [0.2, 0.25) is 0 Å². The lowest BCUT2D eigenvalue weighted by atomic mass is 10.2. The average Bonchev–Trinajstić information content (AvgIpc) is 3.11. The number of halogens is 3. The first-order valence-electron chi connectivity index (χ1n) is 7.57. The molecule has 27 heavy (non-hydrogen) atoms. The summed E-state index contributed by atoms with van der Waals surface area (Å²) in [5.41, 5.74) is 1.76. The summed E-state index contributed by atoms with van der Waals surface area (Å²) in [5.74, 6) is 0.0931. The number of rotatable bonds is 4. The van der Waals surface area contributed by atoms with Crippen molar-refractivity contribution < 1.29 is 27.4 Å². The number of aromatic nitrogens is 3. The Hall–Kier alpha value is -3.56. The first kappa shape index (κ1) is 18.2. The molecule has 3 aromatic rings. The molecule has 0 spiro atoms. The second kappa shape index (κ2) is 7.36.